The number of carbonyl (C=O) groups is 2. The Labute approximate surface area is 193 Å². The van der Waals surface area contributed by atoms with Crippen molar-refractivity contribution >= 4 is 18.0 Å². The monoisotopic (exact) mass is 443 g/mol. The lowest BCUT2D eigenvalue weighted by atomic mass is 10.1. The fourth-order valence-electron chi connectivity index (χ4n) is 3.46. The van der Waals surface area contributed by atoms with Gasteiger partial charge in [-0.05, 0) is 41.3 Å². The zero-order chi connectivity index (χ0) is 22.9. The van der Waals surface area contributed by atoms with Crippen molar-refractivity contribution in [3.05, 3.63) is 102 Å². The Morgan fingerprint density at radius 2 is 1.58 bits per heavy atom. The van der Waals surface area contributed by atoms with Crippen molar-refractivity contribution in [3.8, 4) is 11.5 Å². The molecule has 0 aromatic heterocycles. The first-order valence-corrected chi connectivity index (χ1v) is 10.8. The standard InChI is InChI=1S/C27H25NO5/c29-26(19-31-27(30)14-12-22-11-13-24-25(17-22)33-20-32-24)28(18-23-9-5-2-6-10-23)16-15-21-7-3-1-4-8-21/h1-14,17H,15-16,18-20H2. The fraction of sp³-hybridized carbons (Fsp3) is 0.185. The summed E-state index contributed by atoms with van der Waals surface area (Å²) in [5, 5.41) is 0. The van der Waals surface area contributed by atoms with Gasteiger partial charge in [-0.15, -0.1) is 0 Å². The van der Waals surface area contributed by atoms with Gasteiger partial charge in [-0.3, -0.25) is 4.79 Å². The molecular weight excluding hydrogens is 418 g/mol. The van der Waals surface area contributed by atoms with Gasteiger partial charge < -0.3 is 19.1 Å². The third-order valence-electron chi connectivity index (χ3n) is 5.23. The van der Waals surface area contributed by atoms with E-state index in [1.54, 1.807) is 23.1 Å². The molecule has 0 radical (unpaired) electrons. The SMILES string of the molecule is O=C(C=Cc1ccc2c(c1)OCO2)OCC(=O)N(CCc1ccccc1)Cc1ccccc1. The summed E-state index contributed by atoms with van der Waals surface area (Å²) in [5.74, 6) is 0.494. The van der Waals surface area contributed by atoms with Gasteiger partial charge in [0.2, 0.25) is 6.79 Å². The lowest BCUT2D eigenvalue weighted by molar-refractivity contribution is -0.148. The van der Waals surface area contributed by atoms with Crippen LogP contribution in [0.2, 0.25) is 0 Å². The molecule has 1 aliphatic heterocycles. The van der Waals surface area contributed by atoms with Gasteiger partial charge in [0.25, 0.3) is 5.91 Å². The number of ether oxygens (including phenoxy) is 3. The Bertz CT molecular complexity index is 1110. The lowest BCUT2D eigenvalue weighted by Gasteiger charge is -2.23. The molecule has 3 aromatic rings. The van der Waals surface area contributed by atoms with Crippen LogP contribution in [-0.4, -0.2) is 36.7 Å². The molecule has 0 atom stereocenters. The molecule has 0 spiro atoms. The molecule has 0 saturated heterocycles. The number of benzene rings is 3. The molecule has 0 aliphatic carbocycles. The predicted octanol–water partition coefficient (Wildman–Crippen LogP) is 4.24. The van der Waals surface area contributed by atoms with E-state index in [1.165, 1.54) is 6.08 Å². The Morgan fingerprint density at radius 3 is 2.33 bits per heavy atom. The number of nitrogens with zero attached hydrogens (tertiary/aromatic N) is 1. The minimum atomic E-state index is -0.580. The maximum atomic E-state index is 12.9. The van der Waals surface area contributed by atoms with E-state index in [-0.39, 0.29) is 19.3 Å². The highest BCUT2D eigenvalue weighted by Gasteiger charge is 2.16. The number of hydrogen-bond donors (Lipinski definition) is 0. The summed E-state index contributed by atoms with van der Waals surface area (Å²) in [6.45, 7) is 0.863. The minimum absolute atomic E-state index is 0.191. The average molecular weight is 443 g/mol. The summed E-state index contributed by atoms with van der Waals surface area (Å²) in [6, 6.07) is 25.1. The van der Waals surface area contributed by atoms with Crippen LogP contribution in [-0.2, 0) is 27.3 Å². The number of amides is 1. The molecule has 1 aliphatic rings. The Morgan fingerprint density at radius 1 is 0.879 bits per heavy atom. The fourth-order valence-corrected chi connectivity index (χ4v) is 3.46. The smallest absolute Gasteiger partial charge is 0.331 e. The molecule has 0 bridgehead atoms. The van der Waals surface area contributed by atoms with Crippen molar-refractivity contribution in [1.82, 2.24) is 4.90 Å². The maximum Gasteiger partial charge on any atom is 0.331 e. The Balaban J connectivity index is 1.33. The molecule has 6 nitrogen and oxygen atoms in total. The summed E-state index contributed by atoms with van der Waals surface area (Å²) >= 11 is 0. The first-order valence-electron chi connectivity index (χ1n) is 10.8. The normalized spacial score (nSPS) is 12.0. The van der Waals surface area contributed by atoms with Crippen LogP contribution in [0.1, 0.15) is 16.7 Å². The van der Waals surface area contributed by atoms with Crippen LogP contribution in [0.3, 0.4) is 0 Å². The molecular formula is C27H25NO5. The van der Waals surface area contributed by atoms with Gasteiger partial charge >= 0.3 is 5.97 Å². The van der Waals surface area contributed by atoms with Crippen LogP contribution in [0.5, 0.6) is 11.5 Å². The van der Waals surface area contributed by atoms with Gasteiger partial charge in [-0.2, -0.15) is 0 Å². The molecule has 168 valence electrons. The van der Waals surface area contributed by atoms with Crippen molar-refractivity contribution in [2.45, 2.75) is 13.0 Å². The highest BCUT2D eigenvalue weighted by Crippen LogP contribution is 2.32. The highest BCUT2D eigenvalue weighted by atomic mass is 16.7. The quantitative estimate of drug-likeness (QED) is 0.366. The van der Waals surface area contributed by atoms with E-state index >= 15 is 0 Å². The van der Waals surface area contributed by atoms with Gasteiger partial charge in [0, 0.05) is 19.2 Å². The topological polar surface area (TPSA) is 65.1 Å². The maximum absolute atomic E-state index is 12.9. The Hall–Kier alpha value is -4.06. The second-order valence-corrected chi connectivity index (χ2v) is 7.59. The molecule has 0 unspecified atom stereocenters. The van der Waals surface area contributed by atoms with Crippen LogP contribution >= 0.6 is 0 Å². The summed E-state index contributed by atoms with van der Waals surface area (Å²) in [4.78, 5) is 26.8. The van der Waals surface area contributed by atoms with Crippen LogP contribution in [0.25, 0.3) is 6.08 Å². The molecule has 0 fully saturated rings. The molecule has 33 heavy (non-hydrogen) atoms. The van der Waals surface area contributed by atoms with E-state index in [4.69, 9.17) is 14.2 Å². The summed E-state index contributed by atoms with van der Waals surface area (Å²) in [7, 11) is 0. The number of carbonyl (C=O) groups excluding carboxylic acids is 2. The van der Waals surface area contributed by atoms with Crippen LogP contribution in [0.15, 0.2) is 84.9 Å². The van der Waals surface area contributed by atoms with E-state index in [0.717, 1.165) is 23.1 Å². The van der Waals surface area contributed by atoms with Crippen molar-refractivity contribution in [2.24, 2.45) is 0 Å². The van der Waals surface area contributed by atoms with Gasteiger partial charge in [-0.1, -0.05) is 66.7 Å². The highest BCUT2D eigenvalue weighted by molar-refractivity contribution is 5.89. The van der Waals surface area contributed by atoms with Gasteiger partial charge in [0.15, 0.2) is 18.1 Å². The lowest BCUT2D eigenvalue weighted by Crippen LogP contribution is -2.35. The van der Waals surface area contributed by atoms with Crippen molar-refractivity contribution in [1.29, 1.82) is 0 Å². The molecule has 0 saturated carbocycles. The third-order valence-corrected chi connectivity index (χ3v) is 5.23. The Kier molecular flexibility index (Phi) is 7.38. The molecule has 4 rings (SSSR count). The second-order valence-electron chi connectivity index (χ2n) is 7.59. The van der Waals surface area contributed by atoms with E-state index < -0.39 is 5.97 Å². The van der Waals surface area contributed by atoms with Crippen LogP contribution in [0, 0.1) is 0 Å². The minimum Gasteiger partial charge on any atom is -0.454 e. The van der Waals surface area contributed by atoms with Gasteiger partial charge in [-0.25, -0.2) is 4.79 Å². The average Bonchev–Trinajstić information content (AvgIpc) is 3.33. The third kappa shape index (κ3) is 6.46. The largest absolute Gasteiger partial charge is 0.454 e. The zero-order valence-electron chi connectivity index (χ0n) is 18.2. The molecule has 3 aromatic carbocycles. The molecule has 1 heterocycles. The number of hydrogen-bond acceptors (Lipinski definition) is 5. The predicted molar refractivity (Wildman–Crippen MR) is 125 cm³/mol. The first kappa shape index (κ1) is 22.1. The van der Waals surface area contributed by atoms with Crippen molar-refractivity contribution in [2.75, 3.05) is 19.9 Å². The molecule has 6 heteroatoms. The van der Waals surface area contributed by atoms with E-state index in [2.05, 4.69) is 0 Å². The van der Waals surface area contributed by atoms with E-state index in [9.17, 15) is 9.59 Å². The van der Waals surface area contributed by atoms with Crippen molar-refractivity contribution < 1.29 is 23.8 Å². The number of rotatable bonds is 9. The van der Waals surface area contributed by atoms with Gasteiger partial charge in [0.05, 0.1) is 0 Å². The van der Waals surface area contributed by atoms with Crippen LogP contribution in [0.4, 0.5) is 0 Å². The summed E-state index contributed by atoms with van der Waals surface area (Å²) in [6.07, 6.45) is 3.64. The van der Waals surface area contributed by atoms with E-state index in [0.29, 0.717) is 24.6 Å². The number of fused-ring (bicyclic) bond motifs is 1. The van der Waals surface area contributed by atoms with Crippen LogP contribution < -0.4 is 9.47 Å². The van der Waals surface area contributed by atoms with Gasteiger partial charge in [0.1, 0.15) is 0 Å². The molecule has 1 amide bonds. The summed E-state index contributed by atoms with van der Waals surface area (Å²) < 4.78 is 15.8. The first-order chi connectivity index (χ1) is 16.2. The number of esters is 1. The van der Waals surface area contributed by atoms with E-state index in [1.807, 2.05) is 66.7 Å². The molecule has 0 N–H and O–H groups in total. The zero-order valence-corrected chi connectivity index (χ0v) is 18.2. The summed E-state index contributed by atoms with van der Waals surface area (Å²) in [5.41, 5.74) is 2.94. The van der Waals surface area contributed by atoms with Crippen molar-refractivity contribution in [3.63, 3.8) is 0 Å². The second kappa shape index (κ2) is 11.0.